The van der Waals surface area contributed by atoms with Crippen LogP contribution in [0.1, 0.15) is 37.0 Å². The molecule has 7 heteroatoms. The van der Waals surface area contributed by atoms with E-state index >= 15 is 0 Å². The number of likely N-dealkylation sites (N-methyl/N-ethyl adjacent to an activating group) is 1. The van der Waals surface area contributed by atoms with Gasteiger partial charge in [-0.05, 0) is 68.1 Å². The van der Waals surface area contributed by atoms with Gasteiger partial charge in [0.15, 0.2) is 6.61 Å². The number of nitrogens with one attached hydrogen (secondary N) is 1. The van der Waals surface area contributed by atoms with Gasteiger partial charge in [-0.1, -0.05) is 42.3 Å². The van der Waals surface area contributed by atoms with E-state index in [4.69, 9.17) is 27.9 Å². The number of hydrogen-bond donors (Lipinski definition) is 1. The van der Waals surface area contributed by atoms with E-state index in [0.29, 0.717) is 34.3 Å². The zero-order valence-corrected chi connectivity index (χ0v) is 19.3. The highest BCUT2D eigenvalue weighted by Crippen LogP contribution is 2.24. The quantitative estimate of drug-likeness (QED) is 0.588. The molecule has 0 bridgehead atoms. The summed E-state index contributed by atoms with van der Waals surface area (Å²) in [5, 5.41) is 3.76. The SMILES string of the molecule is CCNC(=O)[C@H](CC)N(Cc1ccc(Cl)cc1Cl)C(=O)COc1cc(C)cc(C)c1. The highest BCUT2D eigenvalue weighted by Gasteiger charge is 2.29. The van der Waals surface area contributed by atoms with Gasteiger partial charge < -0.3 is 15.0 Å². The highest BCUT2D eigenvalue weighted by molar-refractivity contribution is 6.35. The van der Waals surface area contributed by atoms with Crippen molar-refractivity contribution >= 4 is 35.0 Å². The number of benzene rings is 2. The van der Waals surface area contributed by atoms with E-state index in [9.17, 15) is 9.59 Å². The van der Waals surface area contributed by atoms with Gasteiger partial charge in [0.1, 0.15) is 11.8 Å². The van der Waals surface area contributed by atoms with Crippen LogP contribution in [0.25, 0.3) is 0 Å². The summed E-state index contributed by atoms with van der Waals surface area (Å²) in [5.41, 5.74) is 2.82. The third-order valence-corrected chi connectivity index (χ3v) is 5.24. The first-order chi connectivity index (χ1) is 14.2. The summed E-state index contributed by atoms with van der Waals surface area (Å²) in [6.07, 6.45) is 0.465. The molecule has 0 aromatic heterocycles. The van der Waals surface area contributed by atoms with Crippen molar-refractivity contribution in [3.8, 4) is 5.75 Å². The second-order valence-corrected chi connectivity index (χ2v) is 8.03. The van der Waals surface area contributed by atoms with E-state index in [0.717, 1.165) is 11.1 Å². The number of halogens is 2. The lowest BCUT2D eigenvalue weighted by Gasteiger charge is -2.30. The summed E-state index contributed by atoms with van der Waals surface area (Å²) in [5.74, 6) is 0.125. The largest absolute Gasteiger partial charge is 0.484 e. The van der Waals surface area contributed by atoms with E-state index in [1.54, 1.807) is 18.2 Å². The molecule has 30 heavy (non-hydrogen) atoms. The average molecular weight is 451 g/mol. The van der Waals surface area contributed by atoms with Crippen LogP contribution in [-0.4, -0.2) is 35.9 Å². The van der Waals surface area contributed by atoms with Crippen molar-refractivity contribution < 1.29 is 14.3 Å². The first-order valence-electron chi connectivity index (χ1n) is 9.97. The van der Waals surface area contributed by atoms with Crippen molar-refractivity contribution in [2.75, 3.05) is 13.2 Å². The Kier molecular flexibility index (Phi) is 9.00. The molecule has 0 heterocycles. The maximum absolute atomic E-state index is 13.1. The van der Waals surface area contributed by atoms with Crippen molar-refractivity contribution in [1.82, 2.24) is 10.2 Å². The molecule has 1 N–H and O–H groups in total. The minimum atomic E-state index is -0.632. The molecule has 0 aliphatic rings. The summed E-state index contributed by atoms with van der Waals surface area (Å²) in [6.45, 7) is 8.14. The summed E-state index contributed by atoms with van der Waals surface area (Å²) in [4.78, 5) is 27.3. The zero-order chi connectivity index (χ0) is 22.3. The van der Waals surface area contributed by atoms with E-state index in [2.05, 4.69) is 5.32 Å². The summed E-state index contributed by atoms with van der Waals surface area (Å²) in [6, 6.07) is 10.3. The van der Waals surface area contributed by atoms with E-state index in [1.807, 2.05) is 45.9 Å². The lowest BCUT2D eigenvalue weighted by molar-refractivity contribution is -0.142. The first-order valence-corrected chi connectivity index (χ1v) is 10.7. The molecule has 0 spiro atoms. The van der Waals surface area contributed by atoms with Crippen LogP contribution in [0.5, 0.6) is 5.75 Å². The number of ether oxygens (including phenoxy) is 1. The Balaban J connectivity index is 2.26. The van der Waals surface area contributed by atoms with Crippen LogP contribution >= 0.6 is 23.2 Å². The van der Waals surface area contributed by atoms with E-state index in [-0.39, 0.29) is 25.0 Å². The van der Waals surface area contributed by atoms with Gasteiger partial charge in [-0.15, -0.1) is 0 Å². The second kappa shape index (κ2) is 11.2. The molecule has 0 saturated carbocycles. The topological polar surface area (TPSA) is 58.6 Å². The minimum Gasteiger partial charge on any atom is -0.484 e. The highest BCUT2D eigenvalue weighted by atomic mass is 35.5. The Hall–Kier alpha value is -2.24. The van der Waals surface area contributed by atoms with Crippen molar-refractivity contribution in [3.05, 3.63) is 63.1 Å². The van der Waals surface area contributed by atoms with Gasteiger partial charge in [0.2, 0.25) is 5.91 Å². The van der Waals surface area contributed by atoms with Crippen LogP contribution in [0, 0.1) is 13.8 Å². The molecule has 162 valence electrons. The van der Waals surface area contributed by atoms with Crippen molar-refractivity contribution in [3.63, 3.8) is 0 Å². The molecule has 5 nitrogen and oxygen atoms in total. The number of amides is 2. The van der Waals surface area contributed by atoms with Gasteiger partial charge in [0, 0.05) is 23.1 Å². The number of hydrogen-bond acceptors (Lipinski definition) is 3. The lowest BCUT2D eigenvalue weighted by atomic mass is 10.1. The number of carbonyl (C=O) groups excluding carboxylic acids is 2. The van der Waals surface area contributed by atoms with Gasteiger partial charge in [-0.2, -0.15) is 0 Å². The Morgan fingerprint density at radius 1 is 1.07 bits per heavy atom. The zero-order valence-electron chi connectivity index (χ0n) is 17.8. The van der Waals surface area contributed by atoms with Crippen molar-refractivity contribution in [2.45, 2.75) is 46.7 Å². The molecular weight excluding hydrogens is 423 g/mol. The fourth-order valence-electron chi connectivity index (χ4n) is 3.29. The lowest BCUT2D eigenvalue weighted by Crippen LogP contribution is -2.50. The van der Waals surface area contributed by atoms with Crippen LogP contribution < -0.4 is 10.1 Å². The van der Waals surface area contributed by atoms with Crippen LogP contribution in [-0.2, 0) is 16.1 Å². The number of carbonyl (C=O) groups is 2. The van der Waals surface area contributed by atoms with Crippen molar-refractivity contribution in [1.29, 1.82) is 0 Å². The summed E-state index contributed by atoms with van der Waals surface area (Å²) >= 11 is 12.3. The fourth-order valence-corrected chi connectivity index (χ4v) is 3.76. The third kappa shape index (κ3) is 6.64. The normalized spacial score (nSPS) is 11.7. The predicted molar refractivity (Wildman–Crippen MR) is 121 cm³/mol. The number of aryl methyl sites for hydroxylation is 2. The van der Waals surface area contributed by atoms with Crippen LogP contribution in [0.3, 0.4) is 0 Å². The molecule has 0 fully saturated rings. The fraction of sp³-hybridized carbons (Fsp3) is 0.391. The molecule has 2 amide bonds. The maximum atomic E-state index is 13.1. The average Bonchev–Trinajstić information content (AvgIpc) is 2.67. The van der Waals surface area contributed by atoms with Crippen LogP contribution in [0.4, 0.5) is 0 Å². The maximum Gasteiger partial charge on any atom is 0.261 e. The van der Waals surface area contributed by atoms with Crippen LogP contribution in [0.2, 0.25) is 10.0 Å². The van der Waals surface area contributed by atoms with Gasteiger partial charge in [-0.3, -0.25) is 9.59 Å². The van der Waals surface area contributed by atoms with Gasteiger partial charge in [0.05, 0.1) is 0 Å². The minimum absolute atomic E-state index is 0.177. The van der Waals surface area contributed by atoms with Gasteiger partial charge in [-0.25, -0.2) is 0 Å². The Labute approximate surface area is 188 Å². The molecule has 2 aromatic rings. The summed E-state index contributed by atoms with van der Waals surface area (Å²) < 4.78 is 5.75. The molecule has 0 aliphatic heterocycles. The first kappa shape index (κ1) is 24.0. The van der Waals surface area contributed by atoms with E-state index in [1.165, 1.54) is 4.90 Å². The molecule has 1 atom stereocenters. The Morgan fingerprint density at radius 2 is 1.73 bits per heavy atom. The van der Waals surface area contributed by atoms with Crippen LogP contribution in [0.15, 0.2) is 36.4 Å². The number of rotatable bonds is 9. The molecule has 2 aromatic carbocycles. The molecule has 0 radical (unpaired) electrons. The monoisotopic (exact) mass is 450 g/mol. The summed E-state index contributed by atoms with van der Waals surface area (Å²) in [7, 11) is 0. The molecule has 2 rings (SSSR count). The molecule has 0 saturated heterocycles. The Bertz CT molecular complexity index is 882. The third-order valence-electron chi connectivity index (χ3n) is 4.65. The Morgan fingerprint density at radius 3 is 2.30 bits per heavy atom. The smallest absolute Gasteiger partial charge is 0.261 e. The predicted octanol–water partition coefficient (Wildman–Crippen LogP) is 4.93. The standard InChI is InChI=1S/C23H28Cl2N2O3/c1-5-21(23(29)26-6-2)27(13-17-7-8-18(24)12-20(17)25)22(28)14-30-19-10-15(3)9-16(4)11-19/h7-12,21H,5-6,13-14H2,1-4H3,(H,26,29)/t21-/m0/s1. The molecule has 0 aliphatic carbocycles. The molecule has 0 unspecified atom stereocenters. The van der Waals surface area contributed by atoms with Gasteiger partial charge >= 0.3 is 0 Å². The van der Waals surface area contributed by atoms with Crippen molar-refractivity contribution in [2.24, 2.45) is 0 Å². The second-order valence-electron chi connectivity index (χ2n) is 7.19. The van der Waals surface area contributed by atoms with Gasteiger partial charge in [0.25, 0.3) is 5.91 Å². The number of nitrogens with zero attached hydrogens (tertiary/aromatic N) is 1. The molecular formula is C23H28Cl2N2O3. The van der Waals surface area contributed by atoms with E-state index < -0.39 is 6.04 Å².